The number of rotatable bonds is 3. The molecular weight excluding hydrogens is 284 g/mol. The van der Waals surface area contributed by atoms with Crippen LogP contribution < -0.4 is 15.7 Å². The third-order valence-corrected chi connectivity index (χ3v) is 4.08. The van der Waals surface area contributed by atoms with Gasteiger partial charge in [-0.25, -0.2) is 9.99 Å². The lowest BCUT2D eigenvalue weighted by atomic mass is 10.1. The zero-order valence-corrected chi connectivity index (χ0v) is 12.3. The quantitative estimate of drug-likeness (QED) is 0.295. The summed E-state index contributed by atoms with van der Waals surface area (Å²) in [7, 11) is 2.06. The summed E-state index contributed by atoms with van der Waals surface area (Å²) < 4.78 is 4.29. The Bertz CT molecular complexity index is 812. The highest BCUT2D eigenvalue weighted by Crippen LogP contribution is 2.19. The van der Waals surface area contributed by atoms with Crippen molar-refractivity contribution in [3.63, 3.8) is 0 Å². The van der Waals surface area contributed by atoms with Crippen molar-refractivity contribution in [1.82, 2.24) is 9.83 Å². The summed E-state index contributed by atoms with van der Waals surface area (Å²) in [6.07, 6.45) is 5.80. The van der Waals surface area contributed by atoms with Crippen molar-refractivity contribution in [2.24, 2.45) is 17.9 Å². The SMILES string of the molecule is C[n+]1c(-c2ccc(C=NNC(=N)N)cc2)cn2ccsc21. The Morgan fingerprint density at radius 1 is 1.43 bits per heavy atom. The van der Waals surface area contributed by atoms with E-state index in [1.807, 2.05) is 12.1 Å². The highest BCUT2D eigenvalue weighted by molar-refractivity contribution is 7.14. The summed E-state index contributed by atoms with van der Waals surface area (Å²) in [5.74, 6) is -0.177. The molecule has 0 aliphatic rings. The summed E-state index contributed by atoms with van der Waals surface area (Å²) >= 11 is 1.71. The maximum Gasteiger partial charge on any atom is 0.345 e. The van der Waals surface area contributed by atoms with Crippen LogP contribution in [0.2, 0.25) is 0 Å². The van der Waals surface area contributed by atoms with Crippen molar-refractivity contribution in [2.45, 2.75) is 0 Å². The number of thiazole rings is 1. The molecule has 2 aromatic heterocycles. The van der Waals surface area contributed by atoms with E-state index in [0.29, 0.717) is 0 Å². The van der Waals surface area contributed by atoms with Crippen molar-refractivity contribution < 1.29 is 4.57 Å². The van der Waals surface area contributed by atoms with Crippen LogP contribution in [0.5, 0.6) is 0 Å². The Labute approximate surface area is 125 Å². The number of hydrogen-bond acceptors (Lipinski definition) is 3. The summed E-state index contributed by atoms with van der Waals surface area (Å²) in [5, 5.41) is 12.9. The lowest BCUT2D eigenvalue weighted by Gasteiger charge is -1.99. The van der Waals surface area contributed by atoms with Crippen LogP contribution in [0.4, 0.5) is 0 Å². The summed E-state index contributed by atoms with van der Waals surface area (Å²) in [5.41, 5.74) is 10.8. The number of benzene rings is 1. The fourth-order valence-electron chi connectivity index (χ4n) is 2.14. The standard InChI is InChI=1S/C14H15N6S/c1-19-12(9-20-6-7-21-14(19)20)11-4-2-10(3-5-11)8-17-18-13(15)16/h2-9H,1H3,(H4,15,16,18)/q+1. The van der Waals surface area contributed by atoms with Crippen LogP contribution in [0.15, 0.2) is 47.1 Å². The van der Waals surface area contributed by atoms with E-state index in [1.54, 1.807) is 17.6 Å². The highest BCUT2D eigenvalue weighted by Gasteiger charge is 2.16. The average Bonchev–Trinajstić information content (AvgIpc) is 3.03. The molecule has 0 bridgehead atoms. The molecule has 4 N–H and O–H groups in total. The first-order valence-electron chi connectivity index (χ1n) is 6.33. The van der Waals surface area contributed by atoms with Crippen LogP contribution >= 0.6 is 11.3 Å². The molecule has 0 unspecified atom stereocenters. The minimum atomic E-state index is -0.177. The summed E-state index contributed by atoms with van der Waals surface area (Å²) in [4.78, 5) is 1.20. The third-order valence-electron chi connectivity index (χ3n) is 3.13. The van der Waals surface area contributed by atoms with Crippen molar-refractivity contribution in [3.8, 4) is 11.3 Å². The number of imidazole rings is 1. The largest absolute Gasteiger partial charge is 0.369 e. The van der Waals surface area contributed by atoms with E-state index in [9.17, 15) is 0 Å². The number of hydrogen-bond donors (Lipinski definition) is 3. The molecule has 0 radical (unpaired) electrons. The maximum absolute atomic E-state index is 7.02. The van der Waals surface area contributed by atoms with Crippen molar-refractivity contribution in [2.75, 3.05) is 0 Å². The van der Waals surface area contributed by atoms with Gasteiger partial charge in [0.1, 0.15) is 12.4 Å². The third kappa shape index (κ3) is 2.63. The number of nitrogens with zero attached hydrogens (tertiary/aromatic N) is 3. The van der Waals surface area contributed by atoms with Gasteiger partial charge in [0, 0.05) is 10.9 Å². The van der Waals surface area contributed by atoms with Gasteiger partial charge in [0.2, 0.25) is 5.96 Å². The molecule has 0 spiro atoms. The lowest BCUT2D eigenvalue weighted by Crippen LogP contribution is -2.28. The smallest absolute Gasteiger partial charge is 0.345 e. The molecule has 0 aliphatic heterocycles. The number of hydrazone groups is 1. The first-order valence-corrected chi connectivity index (χ1v) is 7.21. The van der Waals surface area contributed by atoms with Crippen LogP contribution in [0, 0.1) is 5.41 Å². The number of aromatic nitrogens is 2. The van der Waals surface area contributed by atoms with Gasteiger partial charge < -0.3 is 5.73 Å². The van der Waals surface area contributed by atoms with Gasteiger partial charge in [-0.05, 0) is 17.7 Å². The summed E-state index contributed by atoms with van der Waals surface area (Å²) in [6.45, 7) is 0. The molecule has 1 aromatic carbocycles. The zero-order chi connectivity index (χ0) is 14.8. The van der Waals surface area contributed by atoms with Crippen molar-refractivity contribution in [3.05, 3.63) is 47.6 Å². The van der Waals surface area contributed by atoms with Crippen LogP contribution in [-0.2, 0) is 7.05 Å². The Kier molecular flexibility index (Phi) is 3.41. The predicted octanol–water partition coefficient (Wildman–Crippen LogP) is 1.31. The van der Waals surface area contributed by atoms with Gasteiger partial charge in [-0.2, -0.15) is 9.50 Å². The van der Waals surface area contributed by atoms with Gasteiger partial charge in [-0.15, -0.1) is 0 Å². The van der Waals surface area contributed by atoms with E-state index in [0.717, 1.165) is 16.8 Å². The molecule has 0 aliphatic carbocycles. The van der Waals surface area contributed by atoms with Gasteiger partial charge in [0.25, 0.3) is 0 Å². The second-order valence-corrected chi connectivity index (χ2v) is 5.44. The van der Waals surface area contributed by atoms with Gasteiger partial charge in [0.15, 0.2) is 5.69 Å². The molecule has 21 heavy (non-hydrogen) atoms. The fraction of sp³-hybridized carbons (Fsp3) is 0.0714. The molecule has 0 atom stereocenters. The second-order valence-electron chi connectivity index (χ2n) is 4.57. The zero-order valence-electron chi connectivity index (χ0n) is 11.4. The van der Waals surface area contributed by atoms with E-state index in [1.165, 1.54) is 4.96 Å². The molecule has 0 amide bonds. The average molecular weight is 299 g/mol. The van der Waals surface area contributed by atoms with Crippen LogP contribution in [-0.4, -0.2) is 16.6 Å². The first kappa shape index (κ1) is 13.3. The maximum atomic E-state index is 7.02. The lowest BCUT2D eigenvalue weighted by molar-refractivity contribution is -0.631. The molecule has 3 aromatic rings. The molecule has 106 valence electrons. The van der Waals surface area contributed by atoms with E-state index in [4.69, 9.17) is 11.1 Å². The molecule has 0 fully saturated rings. The topological polar surface area (TPSA) is 82.5 Å². The number of nitrogens with two attached hydrogens (primary N) is 1. The van der Waals surface area contributed by atoms with Gasteiger partial charge in [-0.1, -0.05) is 23.5 Å². The van der Waals surface area contributed by atoms with E-state index in [-0.39, 0.29) is 5.96 Å². The molecular formula is C14H15N6S+. The van der Waals surface area contributed by atoms with E-state index in [2.05, 4.69) is 56.4 Å². The Balaban J connectivity index is 1.86. The number of aryl methyl sites for hydroxylation is 1. The van der Waals surface area contributed by atoms with Gasteiger partial charge in [0.05, 0.1) is 13.3 Å². The first-order chi connectivity index (χ1) is 10.1. The van der Waals surface area contributed by atoms with E-state index >= 15 is 0 Å². The highest BCUT2D eigenvalue weighted by atomic mass is 32.1. The minimum Gasteiger partial charge on any atom is -0.369 e. The minimum absolute atomic E-state index is 0.177. The normalized spacial score (nSPS) is 11.3. The predicted molar refractivity (Wildman–Crippen MR) is 84.5 cm³/mol. The number of guanidine groups is 1. The number of fused-ring (bicyclic) bond motifs is 1. The Hall–Kier alpha value is -2.67. The molecule has 7 heteroatoms. The van der Waals surface area contributed by atoms with Gasteiger partial charge in [-0.3, -0.25) is 5.41 Å². The van der Waals surface area contributed by atoms with Gasteiger partial charge >= 0.3 is 4.96 Å². The molecule has 6 nitrogen and oxygen atoms in total. The Morgan fingerprint density at radius 2 is 2.19 bits per heavy atom. The van der Waals surface area contributed by atoms with Crippen molar-refractivity contribution >= 4 is 28.5 Å². The van der Waals surface area contributed by atoms with Crippen LogP contribution in [0.25, 0.3) is 16.2 Å². The summed E-state index contributed by atoms with van der Waals surface area (Å²) in [6, 6.07) is 8.06. The fourth-order valence-corrected chi connectivity index (χ4v) is 2.94. The second kappa shape index (κ2) is 5.37. The molecule has 0 saturated carbocycles. The molecule has 3 rings (SSSR count). The van der Waals surface area contributed by atoms with Crippen LogP contribution in [0.3, 0.4) is 0 Å². The van der Waals surface area contributed by atoms with Crippen LogP contribution in [0.1, 0.15) is 5.56 Å². The van der Waals surface area contributed by atoms with Crippen molar-refractivity contribution in [1.29, 1.82) is 5.41 Å². The molecule has 0 saturated heterocycles. The Morgan fingerprint density at radius 3 is 2.86 bits per heavy atom. The number of nitrogens with one attached hydrogen (secondary N) is 2. The molecule has 2 heterocycles. The monoisotopic (exact) mass is 299 g/mol. The van der Waals surface area contributed by atoms with E-state index < -0.39 is 0 Å².